The van der Waals surface area contributed by atoms with Crippen molar-refractivity contribution in [2.75, 3.05) is 53.6 Å². The van der Waals surface area contributed by atoms with Gasteiger partial charge in [0.2, 0.25) is 0 Å². The molecule has 2 N–H and O–H groups in total. The Bertz CT molecular complexity index is 660. The van der Waals surface area contributed by atoms with Gasteiger partial charge in [-0.2, -0.15) is 0 Å². The molecule has 0 bridgehead atoms. The molecule has 1 saturated carbocycles. The molecule has 1 aliphatic carbocycles. The van der Waals surface area contributed by atoms with Crippen LogP contribution >= 0.6 is 24.0 Å². The number of benzene rings is 1. The molecule has 1 saturated heterocycles. The molecular formula is C26H45IN4O2. The van der Waals surface area contributed by atoms with Gasteiger partial charge in [0.05, 0.1) is 6.10 Å². The highest BCUT2D eigenvalue weighted by Crippen LogP contribution is 2.40. The summed E-state index contributed by atoms with van der Waals surface area (Å²) < 4.78 is 11.5. The molecule has 33 heavy (non-hydrogen) atoms. The van der Waals surface area contributed by atoms with E-state index in [1.807, 2.05) is 7.05 Å². The first-order chi connectivity index (χ1) is 15.7. The smallest absolute Gasteiger partial charge is 0.190 e. The number of rotatable bonds is 12. The highest BCUT2D eigenvalue weighted by molar-refractivity contribution is 14.0. The minimum atomic E-state index is 0. The van der Waals surface area contributed by atoms with Gasteiger partial charge in [-0.3, -0.25) is 9.89 Å². The van der Waals surface area contributed by atoms with Crippen LogP contribution in [0.15, 0.2) is 35.3 Å². The molecule has 6 nitrogen and oxygen atoms in total. The van der Waals surface area contributed by atoms with Crippen LogP contribution in [0.1, 0.15) is 56.9 Å². The molecule has 0 amide bonds. The molecule has 7 heteroatoms. The summed E-state index contributed by atoms with van der Waals surface area (Å²) in [7, 11) is 3.65. The van der Waals surface area contributed by atoms with E-state index in [0.29, 0.717) is 11.5 Å². The van der Waals surface area contributed by atoms with Crippen LogP contribution in [0.2, 0.25) is 0 Å². The summed E-state index contributed by atoms with van der Waals surface area (Å²) in [5.41, 5.74) is 1.77. The van der Waals surface area contributed by atoms with Crippen molar-refractivity contribution in [1.82, 2.24) is 15.5 Å². The first kappa shape index (κ1) is 28.3. The van der Waals surface area contributed by atoms with Gasteiger partial charge in [-0.15, -0.1) is 24.0 Å². The van der Waals surface area contributed by atoms with Crippen LogP contribution in [-0.4, -0.2) is 70.5 Å². The summed E-state index contributed by atoms with van der Waals surface area (Å²) in [4.78, 5) is 6.95. The zero-order valence-corrected chi connectivity index (χ0v) is 23.0. The lowest BCUT2D eigenvalue weighted by Crippen LogP contribution is -2.43. The molecule has 0 atom stereocenters. The number of hydrogen-bond donors (Lipinski definition) is 2. The van der Waals surface area contributed by atoms with Crippen LogP contribution in [0, 0.1) is 5.41 Å². The molecular weight excluding hydrogens is 527 g/mol. The van der Waals surface area contributed by atoms with E-state index in [9.17, 15) is 0 Å². The number of halogens is 1. The number of methoxy groups -OCH3 is 1. The molecule has 1 heterocycles. The van der Waals surface area contributed by atoms with Crippen LogP contribution in [0.4, 0.5) is 0 Å². The van der Waals surface area contributed by atoms with Crippen molar-refractivity contribution in [1.29, 1.82) is 0 Å². The zero-order chi connectivity index (χ0) is 22.5. The van der Waals surface area contributed by atoms with Gasteiger partial charge in [-0.1, -0.05) is 43.2 Å². The number of nitrogens with one attached hydrogen (secondary N) is 2. The van der Waals surface area contributed by atoms with Crippen molar-refractivity contribution in [2.45, 2.75) is 64.0 Å². The molecule has 1 aliphatic heterocycles. The van der Waals surface area contributed by atoms with Gasteiger partial charge in [-0.25, -0.2) is 0 Å². The normalized spacial score (nSPS) is 19.3. The van der Waals surface area contributed by atoms with Crippen molar-refractivity contribution in [2.24, 2.45) is 10.4 Å². The van der Waals surface area contributed by atoms with Crippen molar-refractivity contribution in [3.8, 4) is 0 Å². The molecule has 0 radical (unpaired) electrons. The van der Waals surface area contributed by atoms with Gasteiger partial charge in [0.1, 0.15) is 0 Å². The molecule has 0 aromatic heterocycles. The topological polar surface area (TPSA) is 58.1 Å². The van der Waals surface area contributed by atoms with E-state index in [-0.39, 0.29) is 24.0 Å². The maximum atomic E-state index is 6.16. The second-order valence-electron chi connectivity index (χ2n) is 9.49. The number of likely N-dealkylation sites (tertiary alicyclic amines) is 1. The zero-order valence-electron chi connectivity index (χ0n) is 20.7. The fourth-order valence-corrected chi connectivity index (χ4v) is 5.06. The quantitative estimate of drug-likeness (QED) is 0.168. The summed E-state index contributed by atoms with van der Waals surface area (Å²) in [6.45, 7) is 6.82. The lowest BCUT2D eigenvalue weighted by Gasteiger charge is -2.32. The van der Waals surface area contributed by atoms with Crippen molar-refractivity contribution in [3.63, 3.8) is 0 Å². The van der Waals surface area contributed by atoms with Gasteiger partial charge >= 0.3 is 0 Å². The van der Waals surface area contributed by atoms with E-state index >= 15 is 0 Å². The second-order valence-corrected chi connectivity index (χ2v) is 9.49. The lowest BCUT2D eigenvalue weighted by molar-refractivity contribution is 0.00534. The summed E-state index contributed by atoms with van der Waals surface area (Å²) >= 11 is 0. The van der Waals surface area contributed by atoms with Gasteiger partial charge in [0, 0.05) is 60.1 Å². The van der Waals surface area contributed by atoms with Crippen LogP contribution < -0.4 is 10.6 Å². The van der Waals surface area contributed by atoms with Gasteiger partial charge in [0.15, 0.2) is 5.96 Å². The van der Waals surface area contributed by atoms with Gasteiger partial charge < -0.3 is 20.1 Å². The minimum Gasteiger partial charge on any atom is -0.385 e. The summed E-state index contributed by atoms with van der Waals surface area (Å²) in [6, 6.07) is 10.8. The Labute approximate surface area is 218 Å². The molecule has 3 rings (SSSR count). The summed E-state index contributed by atoms with van der Waals surface area (Å²) in [5, 5.41) is 7.02. The van der Waals surface area contributed by atoms with Crippen molar-refractivity contribution in [3.05, 3.63) is 35.9 Å². The average Bonchev–Trinajstić information content (AvgIpc) is 3.30. The number of nitrogens with zero attached hydrogens (tertiary/aromatic N) is 2. The fourth-order valence-electron chi connectivity index (χ4n) is 5.06. The Morgan fingerprint density at radius 2 is 1.82 bits per heavy atom. The predicted octanol–water partition coefficient (Wildman–Crippen LogP) is 4.44. The lowest BCUT2D eigenvalue weighted by atomic mass is 9.83. The number of guanidine groups is 1. The predicted molar refractivity (Wildman–Crippen MR) is 147 cm³/mol. The highest BCUT2D eigenvalue weighted by Gasteiger charge is 2.33. The van der Waals surface area contributed by atoms with E-state index in [2.05, 4.69) is 50.9 Å². The third kappa shape index (κ3) is 10.1. The van der Waals surface area contributed by atoms with Gasteiger partial charge in [-0.05, 0) is 49.5 Å². The fraction of sp³-hybridized carbons (Fsp3) is 0.731. The Kier molecular flexibility index (Phi) is 13.7. The number of hydrogen-bond acceptors (Lipinski definition) is 4. The number of aliphatic imine (C=N–C) groups is 1. The molecule has 188 valence electrons. The van der Waals surface area contributed by atoms with E-state index in [1.54, 1.807) is 7.11 Å². The average molecular weight is 573 g/mol. The standard InChI is InChI=1S/C26H44N4O2.HI/c1-27-25(29-22-26(15-20-31-2)13-6-7-14-26)28-16-8-19-32-24-11-17-30(18-12-24)21-23-9-4-3-5-10-23;/h3-5,9-10,24H,6-8,11-22H2,1-2H3,(H2,27,28,29);1H. The van der Waals surface area contributed by atoms with Crippen LogP contribution in [0.3, 0.4) is 0 Å². The van der Waals surface area contributed by atoms with Crippen molar-refractivity contribution >= 4 is 29.9 Å². The van der Waals surface area contributed by atoms with Crippen LogP contribution in [-0.2, 0) is 16.0 Å². The van der Waals surface area contributed by atoms with Crippen LogP contribution in [0.5, 0.6) is 0 Å². The maximum absolute atomic E-state index is 6.16. The molecule has 0 spiro atoms. The third-order valence-electron chi connectivity index (χ3n) is 7.11. The monoisotopic (exact) mass is 572 g/mol. The molecule has 2 aliphatic rings. The van der Waals surface area contributed by atoms with Crippen LogP contribution in [0.25, 0.3) is 0 Å². The van der Waals surface area contributed by atoms with Crippen molar-refractivity contribution < 1.29 is 9.47 Å². The third-order valence-corrected chi connectivity index (χ3v) is 7.11. The first-order valence-corrected chi connectivity index (χ1v) is 12.5. The molecule has 1 aromatic carbocycles. The Morgan fingerprint density at radius 1 is 1.09 bits per heavy atom. The molecule has 2 fully saturated rings. The Hall–Kier alpha value is -0.900. The van der Waals surface area contributed by atoms with E-state index in [4.69, 9.17) is 9.47 Å². The molecule has 0 unspecified atom stereocenters. The number of piperidine rings is 1. The molecule has 1 aromatic rings. The summed E-state index contributed by atoms with van der Waals surface area (Å²) in [6.07, 6.45) is 10.0. The number of ether oxygens (including phenoxy) is 2. The minimum absolute atomic E-state index is 0. The van der Waals surface area contributed by atoms with E-state index in [0.717, 1.165) is 77.6 Å². The highest BCUT2D eigenvalue weighted by atomic mass is 127. The van der Waals surface area contributed by atoms with E-state index in [1.165, 1.54) is 31.2 Å². The maximum Gasteiger partial charge on any atom is 0.190 e. The largest absolute Gasteiger partial charge is 0.385 e. The van der Waals surface area contributed by atoms with Gasteiger partial charge in [0.25, 0.3) is 0 Å². The Balaban J connectivity index is 0.00000385. The Morgan fingerprint density at radius 3 is 2.48 bits per heavy atom. The second kappa shape index (κ2) is 15.9. The summed E-state index contributed by atoms with van der Waals surface area (Å²) in [5.74, 6) is 0.905. The van der Waals surface area contributed by atoms with E-state index < -0.39 is 0 Å². The first-order valence-electron chi connectivity index (χ1n) is 12.5. The SMILES string of the molecule is CN=C(NCCCOC1CCN(Cc2ccccc2)CC1)NCC1(CCOC)CCCC1.I.